The predicted molar refractivity (Wildman–Crippen MR) is 84.2 cm³/mol. The number of rotatable bonds is 6. The summed E-state index contributed by atoms with van der Waals surface area (Å²) in [6.07, 6.45) is 7.71. The maximum Gasteiger partial charge on any atom is 0.238 e. The largest absolute Gasteiger partial charge is 0.324 e. The van der Waals surface area contributed by atoms with Crippen LogP contribution in [0.2, 0.25) is 0 Å². The van der Waals surface area contributed by atoms with E-state index in [4.69, 9.17) is 0 Å². The van der Waals surface area contributed by atoms with Crippen molar-refractivity contribution in [2.75, 3.05) is 11.9 Å². The zero-order valence-electron chi connectivity index (χ0n) is 11.7. The topological polar surface area (TPSA) is 41.1 Å². The van der Waals surface area contributed by atoms with Crippen LogP contribution in [0.1, 0.15) is 38.5 Å². The molecule has 1 aromatic carbocycles. The zero-order chi connectivity index (χ0) is 13.8. The molecule has 2 N–H and O–H groups in total. The van der Waals surface area contributed by atoms with E-state index >= 15 is 0 Å². The Morgan fingerprint density at radius 1 is 1.15 bits per heavy atom. The molecule has 0 spiro atoms. The van der Waals surface area contributed by atoms with Crippen LogP contribution in [0.3, 0.4) is 0 Å². The molecule has 0 heterocycles. The van der Waals surface area contributed by atoms with Crippen molar-refractivity contribution in [3.05, 3.63) is 24.3 Å². The summed E-state index contributed by atoms with van der Waals surface area (Å²) in [5.74, 6) is 0.0661. The van der Waals surface area contributed by atoms with Gasteiger partial charge in [-0.15, -0.1) is 11.8 Å². The summed E-state index contributed by atoms with van der Waals surface area (Å²) in [7, 11) is 0. The Labute approximate surface area is 124 Å². The zero-order valence-corrected chi connectivity index (χ0v) is 12.5. The number of hydrogen-bond donors (Lipinski definition) is 2. The van der Waals surface area contributed by atoms with Gasteiger partial charge in [0.2, 0.25) is 5.91 Å². The molecule has 4 heteroatoms. The molecule has 0 aromatic heterocycles. The molecule has 0 atom stereocenters. The highest BCUT2D eigenvalue weighted by molar-refractivity contribution is 8.00. The fourth-order valence-electron chi connectivity index (χ4n) is 2.58. The van der Waals surface area contributed by atoms with Crippen LogP contribution in [0.4, 0.5) is 5.69 Å². The van der Waals surface area contributed by atoms with Gasteiger partial charge in [-0.25, -0.2) is 0 Å². The molecule has 0 radical (unpaired) electrons. The number of nitrogens with one attached hydrogen (secondary N) is 2. The average Bonchev–Trinajstić information content (AvgIpc) is 3.15. The van der Waals surface area contributed by atoms with Gasteiger partial charge in [0.25, 0.3) is 0 Å². The third-order valence-corrected chi connectivity index (χ3v) is 5.30. The Hall–Kier alpha value is -1.00. The van der Waals surface area contributed by atoms with Crippen molar-refractivity contribution in [1.29, 1.82) is 0 Å². The second-order valence-electron chi connectivity index (χ2n) is 5.72. The van der Waals surface area contributed by atoms with E-state index in [-0.39, 0.29) is 5.91 Å². The number of benzene rings is 1. The molecular formula is C16H22N2OS. The second-order valence-corrected chi connectivity index (χ2v) is 7.07. The fourth-order valence-corrected chi connectivity index (χ4v) is 3.91. The lowest BCUT2D eigenvalue weighted by Crippen LogP contribution is -2.29. The number of carbonyl (C=O) groups excluding carboxylic acids is 1. The van der Waals surface area contributed by atoms with Crippen LogP contribution < -0.4 is 10.6 Å². The first-order chi connectivity index (χ1) is 9.81. The molecular weight excluding hydrogens is 268 g/mol. The van der Waals surface area contributed by atoms with E-state index in [9.17, 15) is 4.79 Å². The van der Waals surface area contributed by atoms with Gasteiger partial charge in [0, 0.05) is 16.2 Å². The van der Waals surface area contributed by atoms with E-state index in [1.54, 1.807) is 0 Å². The van der Waals surface area contributed by atoms with Gasteiger partial charge >= 0.3 is 0 Å². The fraction of sp³-hybridized carbons (Fsp3) is 0.562. The highest BCUT2D eigenvalue weighted by atomic mass is 32.2. The van der Waals surface area contributed by atoms with Gasteiger partial charge in [0.1, 0.15) is 0 Å². The standard InChI is InChI=1S/C16H22N2OS/c19-16(11-17-12-9-10-12)18-14-7-3-4-8-15(14)20-13-5-1-2-6-13/h3-4,7-8,12-13,17H,1-2,5-6,9-11H2,(H,18,19). The third-order valence-electron chi connectivity index (χ3n) is 3.89. The van der Waals surface area contributed by atoms with Gasteiger partial charge in [-0.05, 0) is 37.8 Å². The lowest BCUT2D eigenvalue weighted by atomic mass is 10.3. The summed E-state index contributed by atoms with van der Waals surface area (Å²) in [5.41, 5.74) is 0.965. The molecule has 3 nitrogen and oxygen atoms in total. The maximum absolute atomic E-state index is 12.0. The Bertz CT molecular complexity index is 467. The lowest BCUT2D eigenvalue weighted by molar-refractivity contribution is -0.115. The molecule has 20 heavy (non-hydrogen) atoms. The molecule has 3 rings (SSSR count). The van der Waals surface area contributed by atoms with Crippen LogP contribution in [-0.4, -0.2) is 23.7 Å². The summed E-state index contributed by atoms with van der Waals surface area (Å²) in [6.45, 7) is 0.424. The lowest BCUT2D eigenvalue weighted by Gasteiger charge is -2.14. The molecule has 0 unspecified atom stereocenters. The van der Waals surface area contributed by atoms with E-state index in [1.807, 2.05) is 23.9 Å². The minimum Gasteiger partial charge on any atom is -0.324 e. The molecule has 1 amide bonds. The summed E-state index contributed by atoms with van der Waals surface area (Å²) in [6, 6.07) is 8.74. The number of hydrogen-bond acceptors (Lipinski definition) is 3. The third kappa shape index (κ3) is 4.00. The Morgan fingerprint density at radius 2 is 1.90 bits per heavy atom. The van der Waals surface area contributed by atoms with Crippen LogP contribution in [-0.2, 0) is 4.79 Å². The van der Waals surface area contributed by atoms with E-state index in [0.29, 0.717) is 12.6 Å². The van der Waals surface area contributed by atoms with E-state index in [1.165, 1.54) is 43.4 Å². The van der Waals surface area contributed by atoms with Gasteiger partial charge < -0.3 is 10.6 Å². The van der Waals surface area contributed by atoms with E-state index in [2.05, 4.69) is 22.8 Å². The number of para-hydroxylation sites is 1. The van der Waals surface area contributed by atoms with Crippen molar-refractivity contribution >= 4 is 23.4 Å². The molecule has 108 valence electrons. The van der Waals surface area contributed by atoms with Crippen molar-refractivity contribution in [2.24, 2.45) is 0 Å². The van der Waals surface area contributed by atoms with E-state index < -0.39 is 0 Å². The average molecular weight is 290 g/mol. The SMILES string of the molecule is O=C(CNC1CC1)Nc1ccccc1SC1CCCC1. The van der Waals surface area contributed by atoms with Crippen LogP contribution in [0.15, 0.2) is 29.2 Å². The van der Waals surface area contributed by atoms with Gasteiger partial charge in [-0.1, -0.05) is 25.0 Å². The molecule has 2 saturated carbocycles. The summed E-state index contributed by atoms with van der Waals surface area (Å²) < 4.78 is 0. The Kier molecular flexibility index (Phi) is 4.63. The first kappa shape index (κ1) is 14.0. The van der Waals surface area contributed by atoms with Crippen molar-refractivity contribution < 1.29 is 4.79 Å². The van der Waals surface area contributed by atoms with Gasteiger partial charge in [0.05, 0.1) is 12.2 Å². The normalized spacial score (nSPS) is 19.2. The number of carbonyl (C=O) groups is 1. The number of amides is 1. The predicted octanol–water partition coefficient (Wildman–Crippen LogP) is 3.41. The van der Waals surface area contributed by atoms with Crippen LogP contribution in [0.5, 0.6) is 0 Å². The quantitative estimate of drug-likeness (QED) is 0.843. The minimum atomic E-state index is 0.0661. The first-order valence-corrected chi connectivity index (χ1v) is 8.48. The van der Waals surface area contributed by atoms with Gasteiger partial charge in [-0.2, -0.15) is 0 Å². The van der Waals surface area contributed by atoms with Crippen molar-refractivity contribution in [3.8, 4) is 0 Å². The van der Waals surface area contributed by atoms with Crippen molar-refractivity contribution in [1.82, 2.24) is 5.32 Å². The Balaban J connectivity index is 1.57. The first-order valence-electron chi connectivity index (χ1n) is 7.60. The molecule has 2 fully saturated rings. The molecule has 0 saturated heterocycles. The van der Waals surface area contributed by atoms with Crippen molar-refractivity contribution in [3.63, 3.8) is 0 Å². The number of thioether (sulfide) groups is 1. The molecule has 0 aliphatic heterocycles. The number of anilines is 1. The van der Waals surface area contributed by atoms with Crippen LogP contribution >= 0.6 is 11.8 Å². The minimum absolute atomic E-state index is 0.0661. The van der Waals surface area contributed by atoms with Gasteiger partial charge in [-0.3, -0.25) is 4.79 Å². The van der Waals surface area contributed by atoms with Crippen LogP contribution in [0, 0.1) is 0 Å². The van der Waals surface area contributed by atoms with Crippen molar-refractivity contribution in [2.45, 2.75) is 54.7 Å². The second kappa shape index (κ2) is 6.64. The summed E-state index contributed by atoms with van der Waals surface area (Å²) in [4.78, 5) is 13.2. The smallest absolute Gasteiger partial charge is 0.238 e. The molecule has 2 aliphatic carbocycles. The monoisotopic (exact) mass is 290 g/mol. The van der Waals surface area contributed by atoms with Gasteiger partial charge in [0.15, 0.2) is 0 Å². The molecule has 0 bridgehead atoms. The van der Waals surface area contributed by atoms with E-state index in [0.717, 1.165) is 10.9 Å². The molecule has 1 aromatic rings. The maximum atomic E-state index is 12.0. The summed E-state index contributed by atoms with van der Waals surface area (Å²) >= 11 is 1.92. The molecule has 2 aliphatic rings. The Morgan fingerprint density at radius 3 is 2.65 bits per heavy atom. The highest BCUT2D eigenvalue weighted by Gasteiger charge is 2.21. The summed E-state index contributed by atoms with van der Waals surface area (Å²) in [5, 5.41) is 7.02. The highest BCUT2D eigenvalue weighted by Crippen LogP contribution is 2.37. The van der Waals surface area contributed by atoms with Crippen LogP contribution in [0.25, 0.3) is 0 Å².